The summed E-state index contributed by atoms with van der Waals surface area (Å²) in [4.78, 5) is 41.8. The first-order chi connectivity index (χ1) is 15.0. The highest BCUT2D eigenvalue weighted by Gasteiger charge is 2.35. The van der Waals surface area contributed by atoms with Gasteiger partial charge in [-0.1, -0.05) is 0 Å². The predicted octanol–water partition coefficient (Wildman–Crippen LogP) is 1.27. The number of carbonyl (C=O) groups excluding carboxylic acids is 3. The molecule has 2 heterocycles. The highest BCUT2D eigenvalue weighted by molar-refractivity contribution is 5.98. The normalized spacial score (nSPS) is 16.7. The second-order valence-corrected chi connectivity index (χ2v) is 7.68. The maximum atomic E-state index is 13.2. The third-order valence-electron chi connectivity index (χ3n) is 5.89. The number of hydrogen-bond acceptors (Lipinski definition) is 6. The van der Waals surface area contributed by atoms with Gasteiger partial charge in [0.05, 0.1) is 0 Å². The smallest absolute Gasteiger partial charge is 0.252 e. The molecule has 1 saturated heterocycles. The van der Waals surface area contributed by atoms with Gasteiger partial charge in [0.25, 0.3) is 5.91 Å². The van der Waals surface area contributed by atoms with Crippen molar-refractivity contribution in [3.05, 3.63) is 23.8 Å². The maximum absolute atomic E-state index is 13.2. The van der Waals surface area contributed by atoms with Crippen LogP contribution in [0.5, 0.6) is 11.5 Å². The lowest BCUT2D eigenvalue weighted by molar-refractivity contribution is -0.138. The molecule has 1 aromatic rings. The summed E-state index contributed by atoms with van der Waals surface area (Å²) in [5.74, 6) is 0.571. The molecule has 0 spiro atoms. The summed E-state index contributed by atoms with van der Waals surface area (Å²) in [6.07, 6.45) is 1.27. The number of likely N-dealkylation sites (N-methyl/N-ethyl adjacent to an activating group) is 1. The lowest BCUT2D eigenvalue weighted by Crippen LogP contribution is -2.55. The van der Waals surface area contributed by atoms with Crippen LogP contribution >= 0.6 is 0 Å². The van der Waals surface area contributed by atoms with Crippen LogP contribution in [-0.2, 0) is 14.3 Å². The summed E-state index contributed by atoms with van der Waals surface area (Å²) in [6.45, 7) is 6.23. The van der Waals surface area contributed by atoms with E-state index in [1.165, 1.54) is 7.11 Å². The number of carbonyl (C=O) groups is 3. The van der Waals surface area contributed by atoms with Crippen molar-refractivity contribution in [1.29, 1.82) is 0 Å². The molecule has 170 valence electrons. The van der Waals surface area contributed by atoms with Gasteiger partial charge in [-0.3, -0.25) is 14.4 Å². The molecule has 0 radical (unpaired) electrons. The Hall–Kier alpha value is -2.81. The number of hydrogen-bond donors (Lipinski definition) is 1. The SMILES string of the molecule is CCN(CC)C(=O)C(NC(=O)c1ccc2c(c1)OCO2)C1CCN(C(=O)COC)CC1. The number of nitrogens with zero attached hydrogens (tertiary/aromatic N) is 2. The number of nitrogens with one attached hydrogen (secondary N) is 1. The third-order valence-corrected chi connectivity index (χ3v) is 5.89. The fourth-order valence-corrected chi connectivity index (χ4v) is 4.07. The van der Waals surface area contributed by atoms with E-state index in [-0.39, 0.29) is 37.0 Å². The first kappa shape index (κ1) is 22.9. The van der Waals surface area contributed by atoms with E-state index >= 15 is 0 Å². The summed E-state index contributed by atoms with van der Waals surface area (Å²) in [5, 5.41) is 2.96. The molecule has 3 amide bonds. The first-order valence-electron chi connectivity index (χ1n) is 10.7. The number of methoxy groups -OCH3 is 1. The summed E-state index contributed by atoms with van der Waals surface area (Å²) < 4.78 is 15.6. The molecular weight excluding hydrogens is 402 g/mol. The number of piperidine rings is 1. The standard InChI is InChI=1S/C22H31N3O6/c1-4-24(5-2)22(28)20(15-8-10-25(11-9-15)19(26)13-29-3)23-21(27)16-6-7-17-18(12-16)31-14-30-17/h6-7,12,15,20H,4-5,8-11,13-14H2,1-3H3,(H,23,27). The van der Waals surface area contributed by atoms with Crippen molar-refractivity contribution in [2.24, 2.45) is 5.92 Å². The molecule has 1 fully saturated rings. The van der Waals surface area contributed by atoms with Crippen LogP contribution in [-0.4, -0.2) is 80.3 Å². The van der Waals surface area contributed by atoms with Gasteiger partial charge in [-0.15, -0.1) is 0 Å². The van der Waals surface area contributed by atoms with Crippen LogP contribution in [0.1, 0.15) is 37.0 Å². The molecule has 31 heavy (non-hydrogen) atoms. The molecule has 1 atom stereocenters. The molecular formula is C22H31N3O6. The van der Waals surface area contributed by atoms with Gasteiger partial charge in [-0.2, -0.15) is 0 Å². The van der Waals surface area contributed by atoms with E-state index in [9.17, 15) is 14.4 Å². The number of ether oxygens (including phenoxy) is 3. The Labute approximate surface area is 182 Å². The lowest BCUT2D eigenvalue weighted by Gasteiger charge is -2.37. The van der Waals surface area contributed by atoms with Crippen molar-refractivity contribution in [1.82, 2.24) is 15.1 Å². The monoisotopic (exact) mass is 433 g/mol. The highest BCUT2D eigenvalue weighted by Crippen LogP contribution is 2.32. The van der Waals surface area contributed by atoms with E-state index in [1.807, 2.05) is 13.8 Å². The molecule has 0 aliphatic carbocycles. The Morgan fingerprint density at radius 2 is 1.84 bits per heavy atom. The minimum absolute atomic E-state index is 0.0489. The average Bonchev–Trinajstić information content (AvgIpc) is 3.26. The predicted molar refractivity (Wildman–Crippen MR) is 113 cm³/mol. The van der Waals surface area contributed by atoms with E-state index in [1.54, 1.807) is 28.0 Å². The van der Waals surface area contributed by atoms with Gasteiger partial charge in [0, 0.05) is 38.9 Å². The number of benzene rings is 1. The highest BCUT2D eigenvalue weighted by atomic mass is 16.7. The van der Waals surface area contributed by atoms with Crippen LogP contribution in [0.2, 0.25) is 0 Å². The minimum atomic E-state index is -0.655. The summed E-state index contributed by atoms with van der Waals surface area (Å²) in [6, 6.07) is 4.33. The van der Waals surface area contributed by atoms with Crippen LogP contribution in [0.25, 0.3) is 0 Å². The molecule has 2 aliphatic rings. The largest absolute Gasteiger partial charge is 0.454 e. The zero-order valence-electron chi connectivity index (χ0n) is 18.4. The van der Waals surface area contributed by atoms with Crippen molar-refractivity contribution in [3.8, 4) is 11.5 Å². The molecule has 1 unspecified atom stereocenters. The van der Waals surface area contributed by atoms with Gasteiger partial charge in [0.1, 0.15) is 12.6 Å². The molecule has 2 aliphatic heterocycles. The molecule has 0 saturated carbocycles. The van der Waals surface area contributed by atoms with Gasteiger partial charge in [0.2, 0.25) is 18.6 Å². The maximum Gasteiger partial charge on any atom is 0.252 e. The summed E-state index contributed by atoms with van der Waals surface area (Å²) >= 11 is 0. The number of rotatable bonds is 8. The molecule has 3 rings (SSSR count). The van der Waals surface area contributed by atoms with Gasteiger partial charge in [-0.05, 0) is 50.8 Å². The molecule has 9 heteroatoms. The van der Waals surface area contributed by atoms with Crippen LogP contribution in [0.15, 0.2) is 18.2 Å². The first-order valence-corrected chi connectivity index (χ1v) is 10.7. The van der Waals surface area contributed by atoms with Crippen molar-refractivity contribution >= 4 is 17.7 Å². The van der Waals surface area contributed by atoms with E-state index < -0.39 is 6.04 Å². The number of likely N-dealkylation sites (tertiary alicyclic amines) is 1. The second kappa shape index (κ2) is 10.5. The van der Waals surface area contributed by atoms with Crippen molar-refractivity contribution in [2.75, 3.05) is 46.7 Å². The van der Waals surface area contributed by atoms with Gasteiger partial charge in [-0.25, -0.2) is 0 Å². The van der Waals surface area contributed by atoms with Crippen LogP contribution in [0.3, 0.4) is 0 Å². The molecule has 9 nitrogen and oxygen atoms in total. The molecule has 0 aromatic heterocycles. The van der Waals surface area contributed by atoms with Crippen molar-refractivity contribution in [2.45, 2.75) is 32.7 Å². The summed E-state index contributed by atoms with van der Waals surface area (Å²) in [5.41, 5.74) is 0.411. The Kier molecular flexibility index (Phi) is 7.73. The Balaban J connectivity index is 1.73. The van der Waals surface area contributed by atoms with Crippen molar-refractivity contribution < 1.29 is 28.6 Å². The van der Waals surface area contributed by atoms with E-state index in [0.29, 0.717) is 56.1 Å². The van der Waals surface area contributed by atoms with Crippen LogP contribution < -0.4 is 14.8 Å². The fourth-order valence-electron chi connectivity index (χ4n) is 4.07. The fraction of sp³-hybridized carbons (Fsp3) is 0.591. The Bertz CT molecular complexity index is 802. The number of amides is 3. The molecule has 1 aromatic carbocycles. The van der Waals surface area contributed by atoms with Gasteiger partial charge in [0.15, 0.2) is 11.5 Å². The van der Waals surface area contributed by atoms with Gasteiger partial charge >= 0.3 is 0 Å². The van der Waals surface area contributed by atoms with E-state index in [4.69, 9.17) is 14.2 Å². The number of fused-ring (bicyclic) bond motifs is 1. The van der Waals surface area contributed by atoms with Crippen LogP contribution in [0.4, 0.5) is 0 Å². The zero-order valence-corrected chi connectivity index (χ0v) is 18.4. The topological polar surface area (TPSA) is 97.4 Å². The Morgan fingerprint density at radius 3 is 2.48 bits per heavy atom. The molecule has 1 N–H and O–H groups in total. The van der Waals surface area contributed by atoms with Crippen LogP contribution in [0, 0.1) is 5.92 Å². The van der Waals surface area contributed by atoms with E-state index in [0.717, 1.165) is 0 Å². The Morgan fingerprint density at radius 1 is 1.16 bits per heavy atom. The lowest BCUT2D eigenvalue weighted by atomic mass is 9.88. The molecule has 0 bridgehead atoms. The third kappa shape index (κ3) is 5.28. The quantitative estimate of drug-likeness (QED) is 0.663. The average molecular weight is 434 g/mol. The van der Waals surface area contributed by atoms with Crippen molar-refractivity contribution in [3.63, 3.8) is 0 Å². The van der Waals surface area contributed by atoms with Gasteiger partial charge < -0.3 is 29.3 Å². The second-order valence-electron chi connectivity index (χ2n) is 7.68. The van der Waals surface area contributed by atoms with E-state index in [2.05, 4.69) is 5.32 Å². The minimum Gasteiger partial charge on any atom is -0.454 e. The zero-order chi connectivity index (χ0) is 22.4. The summed E-state index contributed by atoms with van der Waals surface area (Å²) in [7, 11) is 1.50.